The molecule has 1 aromatic heterocycles. The second-order valence-corrected chi connectivity index (χ2v) is 8.07. The van der Waals surface area contributed by atoms with Crippen LogP contribution in [0.5, 0.6) is 5.75 Å². The second kappa shape index (κ2) is 8.34. The fourth-order valence-corrected chi connectivity index (χ4v) is 4.16. The van der Waals surface area contributed by atoms with Crippen LogP contribution in [0.3, 0.4) is 0 Å². The Morgan fingerprint density at radius 2 is 1.97 bits per heavy atom. The molecule has 30 heavy (non-hydrogen) atoms. The summed E-state index contributed by atoms with van der Waals surface area (Å²) in [5, 5.41) is 6.23. The van der Waals surface area contributed by atoms with Crippen molar-refractivity contribution in [2.75, 3.05) is 20.7 Å². The molecule has 158 valence electrons. The first kappa shape index (κ1) is 20.2. The number of carbonyl (C=O) groups excluding carboxylic acids is 2. The number of ether oxygens (including phenoxy) is 1. The van der Waals surface area contributed by atoms with Crippen molar-refractivity contribution < 1.29 is 14.3 Å². The van der Waals surface area contributed by atoms with Gasteiger partial charge in [0.05, 0.1) is 24.6 Å². The molecule has 2 heterocycles. The number of likely N-dealkylation sites (N-methyl/N-ethyl adjacent to an activating group) is 1. The number of hydrazone groups is 1. The fourth-order valence-electron chi connectivity index (χ4n) is 4.16. The van der Waals surface area contributed by atoms with Gasteiger partial charge < -0.3 is 14.2 Å². The van der Waals surface area contributed by atoms with Crippen molar-refractivity contribution in [2.45, 2.75) is 31.7 Å². The van der Waals surface area contributed by atoms with E-state index in [1.165, 1.54) is 5.01 Å². The number of carbonyl (C=O) groups is 2. The highest BCUT2D eigenvalue weighted by molar-refractivity contribution is 6.02. The van der Waals surface area contributed by atoms with Crippen molar-refractivity contribution in [3.8, 4) is 5.75 Å². The van der Waals surface area contributed by atoms with E-state index in [9.17, 15) is 9.59 Å². The molecular weight excluding hydrogens is 380 g/mol. The highest BCUT2D eigenvalue weighted by atomic mass is 16.5. The predicted octanol–water partition coefficient (Wildman–Crippen LogP) is 2.97. The van der Waals surface area contributed by atoms with Gasteiger partial charge in [0.25, 0.3) is 5.91 Å². The number of para-hydroxylation sites is 1. The van der Waals surface area contributed by atoms with Gasteiger partial charge in [-0.25, -0.2) is 5.01 Å². The van der Waals surface area contributed by atoms with Crippen LogP contribution in [0.1, 0.15) is 43.0 Å². The van der Waals surface area contributed by atoms with Crippen molar-refractivity contribution in [2.24, 2.45) is 18.1 Å². The third-order valence-corrected chi connectivity index (χ3v) is 6.11. The molecule has 1 aromatic carbocycles. The molecule has 1 atom stereocenters. The van der Waals surface area contributed by atoms with Crippen LogP contribution in [0.4, 0.5) is 0 Å². The first-order valence-electron chi connectivity index (χ1n) is 10.4. The van der Waals surface area contributed by atoms with Crippen LogP contribution in [-0.2, 0) is 16.6 Å². The minimum Gasteiger partial charge on any atom is -0.496 e. The number of hydrogen-bond donors (Lipinski definition) is 0. The smallest absolute Gasteiger partial charge is 0.262 e. The van der Waals surface area contributed by atoms with E-state index in [1.54, 1.807) is 19.1 Å². The SMILES string of the molecule is COc1ccccc1C1CC(c2cccn2C)=NN1C(=O)CN(C)C(=O)C1CCC1. The Labute approximate surface area is 176 Å². The van der Waals surface area contributed by atoms with Crippen LogP contribution in [0.25, 0.3) is 0 Å². The monoisotopic (exact) mass is 408 g/mol. The van der Waals surface area contributed by atoms with Gasteiger partial charge in [0.15, 0.2) is 0 Å². The molecule has 0 bridgehead atoms. The summed E-state index contributed by atoms with van der Waals surface area (Å²) in [6, 6.07) is 11.4. The van der Waals surface area contributed by atoms with E-state index < -0.39 is 0 Å². The van der Waals surface area contributed by atoms with E-state index in [-0.39, 0.29) is 30.3 Å². The highest BCUT2D eigenvalue weighted by Crippen LogP contribution is 2.37. The molecule has 1 fully saturated rings. The summed E-state index contributed by atoms with van der Waals surface area (Å²) >= 11 is 0. The Kier molecular flexibility index (Phi) is 5.61. The summed E-state index contributed by atoms with van der Waals surface area (Å²) in [6.07, 6.45) is 5.47. The average molecular weight is 409 g/mol. The second-order valence-electron chi connectivity index (χ2n) is 8.07. The minimum absolute atomic E-state index is 0.0187. The van der Waals surface area contributed by atoms with E-state index in [0.717, 1.165) is 42.0 Å². The van der Waals surface area contributed by atoms with Gasteiger partial charge in [-0.15, -0.1) is 0 Å². The van der Waals surface area contributed by atoms with Crippen molar-refractivity contribution in [1.82, 2.24) is 14.5 Å². The zero-order valence-electron chi connectivity index (χ0n) is 17.7. The Balaban J connectivity index is 1.61. The van der Waals surface area contributed by atoms with E-state index >= 15 is 0 Å². The van der Waals surface area contributed by atoms with Crippen LogP contribution in [0.15, 0.2) is 47.7 Å². The molecule has 0 radical (unpaired) electrons. The first-order valence-corrected chi connectivity index (χ1v) is 10.4. The molecule has 4 rings (SSSR count). The lowest BCUT2D eigenvalue weighted by molar-refractivity contribution is -0.144. The number of nitrogens with zero attached hydrogens (tertiary/aromatic N) is 4. The summed E-state index contributed by atoms with van der Waals surface area (Å²) in [7, 11) is 5.30. The van der Waals surface area contributed by atoms with Gasteiger partial charge in [-0.1, -0.05) is 24.6 Å². The quantitative estimate of drug-likeness (QED) is 0.738. The van der Waals surface area contributed by atoms with Crippen LogP contribution in [0, 0.1) is 5.92 Å². The van der Waals surface area contributed by atoms with E-state index in [0.29, 0.717) is 6.42 Å². The summed E-state index contributed by atoms with van der Waals surface area (Å²) in [5.41, 5.74) is 2.73. The highest BCUT2D eigenvalue weighted by Gasteiger charge is 2.37. The maximum atomic E-state index is 13.2. The molecule has 1 aliphatic carbocycles. The molecule has 7 nitrogen and oxygen atoms in total. The number of aromatic nitrogens is 1. The van der Waals surface area contributed by atoms with Crippen LogP contribution < -0.4 is 4.74 Å². The third kappa shape index (κ3) is 3.72. The molecule has 0 saturated heterocycles. The van der Waals surface area contributed by atoms with Crippen molar-refractivity contribution in [1.29, 1.82) is 0 Å². The molecule has 2 amide bonds. The molecule has 1 saturated carbocycles. The molecule has 1 aliphatic heterocycles. The summed E-state index contributed by atoms with van der Waals surface area (Å²) in [6.45, 7) is 0.0187. The average Bonchev–Trinajstić information content (AvgIpc) is 3.32. The number of hydrogen-bond acceptors (Lipinski definition) is 4. The zero-order chi connectivity index (χ0) is 21.3. The van der Waals surface area contributed by atoms with Gasteiger partial charge in [0.2, 0.25) is 5.91 Å². The summed E-state index contributed by atoms with van der Waals surface area (Å²) < 4.78 is 7.55. The van der Waals surface area contributed by atoms with Gasteiger partial charge in [0, 0.05) is 38.2 Å². The molecule has 0 spiro atoms. The van der Waals surface area contributed by atoms with E-state index in [2.05, 4.69) is 0 Å². The summed E-state index contributed by atoms with van der Waals surface area (Å²) in [5.74, 6) is 0.649. The standard InChI is InChI=1S/C23H28N4O3/c1-25-13-7-11-19(25)18-14-20(17-10-4-5-12-21(17)30-3)27(24-18)22(28)15-26(2)23(29)16-8-6-9-16/h4-5,7,10-13,16,20H,6,8-9,14-15H2,1-3H3. The molecule has 2 aliphatic rings. The number of rotatable bonds is 6. The van der Waals surface area contributed by atoms with Gasteiger partial charge in [-0.2, -0.15) is 5.10 Å². The predicted molar refractivity (Wildman–Crippen MR) is 114 cm³/mol. The fraction of sp³-hybridized carbons (Fsp3) is 0.435. The van der Waals surface area contributed by atoms with Crippen LogP contribution in [-0.4, -0.2) is 52.7 Å². The number of amides is 2. The lowest BCUT2D eigenvalue weighted by Gasteiger charge is -2.30. The molecular formula is C23H28N4O3. The minimum atomic E-state index is -0.272. The number of methoxy groups -OCH3 is 1. The number of aryl methyl sites for hydroxylation is 1. The maximum absolute atomic E-state index is 13.2. The van der Waals surface area contributed by atoms with Crippen LogP contribution >= 0.6 is 0 Å². The van der Waals surface area contributed by atoms with E-state index in [1.807, 2.05) is 54.2 Å². The van der Waals surface area contributed by atoms with Crippen LogP contribution in [0.2, 0.25) is 0 Å². The lowest BCUT2D eigenvalue weighted by Crippen LogP contribution is -2.42. The van der Waals surface area contributed by atoms with Crippen molar-refractivity contribution >= 4 is 17.5 Å². The van der Waals surface area contributed by atoms with Gasteiger partial charge in [-0.05, 0) is 31.0 Å². The van der Waals surface area contributed by atoms with Crippen molar-refractivity contribution in [3.05, 3.63) is 53.9 Å². The molecule has 1 unspecified atom stereocenters. The lowest BCUT2D eigenvalue weighted by atomic mass is 9.84. The largest absolute Gasteiger partial charge is 0.496 e. The maximum Gasteiger partial charge on any atom is 0.262 e. The topological polar surface area (TPSA) is 67.1 Å². The van der Waals surface area contributed by atoms with Gasteiger partial charge in [0.1, 0.15) is 12.3 Å². The first-order chi connectivity index (χ1) is 14.5. The third-order valence-electron chi connectivity index (χ3n) is 6.11. The van der Waals surface area contributed by atoms with Crippen molar-refractivity contribution in [3.63, 3.8) is 0 Å². The zero-order valence-corrected chi connectivity index (χ0v) is 17.7. The molecule has 7 heteroatoms. The Morgan fingerprint density at radius 3 is 2.60 bits per heavy atom. The van der Waals surface area contributed by atoms with Gasteiger partial charge >= 0.3 is 0 Å². The summed E-state index contributed by atoms with van der Waals surface area (Å²) in [4.78, 5) is 27.3. The Morgan fingerprint density at radius 1 is 1.20 bits per heavy atom. The number of benzene rings is 1. The normalized spacial score (nSPS) is 18.7. The van der Waals surface area contributed by atoms with Gasteiger partial charge in [-0.3, -0.25) is 9.59 Å². The Hall–Kier alpha value is -3.09. The Bertz CT molecular complexity index is 976. The van der Waals surface area contributed by atoms with E-state index in [4.69, 9.17) is 9.84 Å². The molecule has 0 N–H and O–H groups in total. The molecule has 2 aromatic rings.